The Morgan fingerprint density at radius 3 is 2.46 bits per heavy atom. The number of nitrogens with one attached hydrogen (secondary N) is 1. The van der Waals surface area contributed by atoms with Crippen LogP contribution in [-0.2, 0) is 27.9 Å². The summed E-state index contributed by atoms with van der Waals surface area (Å²) in [4.78, 5) is 13.7. The van der Waals surface area contributed by atoms with Crippen LogP contribution in [0.4, 0.5) is 0 Å². The van der Waals surface area contributed by atoms with Gasteiger partial charge in [-0.05, 0) is 29.7 Å². The third-order valence-electron chi connectivity index (χ3n) is 4.76. The van der Waals surface area contributed by atoms with E-state index in [1.54, 1.807) is 17.0 Å². The number of hydrogen-bond donors (Lipinski definition) is 1. The van der Waals surface area contributed by atoms with Crippen molar-refractivity contribution in [3.05, 3.63) is 53.6 Å². The molecule has 0 aliphatic carbocycles. The first-order valence-electron chi connectivity index (χ1n) is 9.01. The molecule has 0 spiro atoms. The van der Waals surface area contributed by atoms with Crippen LogP contribution in [0.5, 0.6) is 11.5 Å². The predicted molar refractivity (Wildman–Crippen MR) is 105 cm³/mol. The van der Waals surface area contributed by atoms with Crippen molar-refractivity contribution in [1.29, 1.82) is 0 Å². The number of benzene rings is 2. The molecule has 2 aromatic carbocycles. The van der Waals surface area contributed by atoms with Gasteiger partial charge in [0.15, 0.2) is 0 Å². The molecule has 7 nitrogen and oxygen atoms in total. The minimum atomic E-state index is -3.82. The summed E-state index contributed by atoms with van der Waals surface area (Å²) < 4.78 is 38.6. The van der Waals surface area contributed by atoms with Crippen molar-refractivity contribution in [2.75, 3.05) is 20.8 Å². The van der Waals surface area contributed by atoms with Crippen molar-refractivity contribution in [2.24, 2.45) is 0 Å². The van der Waals surface area contributed by atoms with Crippen molar-refractivity contribution in [3.8, 4) is 11.5 Å². The van der Waals surface area contributed by atoms with Crippen LogP contribution in [0.25, 0.3) is 0 Å². The van der Waals surface area contributed by atoms with E-state index >= 15 is 0 Å². The minimum Gasteiger partial charge on any atom is -0.497 e. The highest BCUT2D eigenvalue weighted by molar-refractivity contribution is 7.89. The molecule has 28 heavy (non-hydrogen) atoms. The number of methoxy groups -OCH3 is 2. The SMILES string of the molecule is COc1ccc(OC)c(S(=O)(=O)NCc2ccccc2CN2CCCC2=O)c1. The van der Waals surface area contributed by atoms with E-state index in [4.69, 9.17) is 9.47 Å². The second-order valence-electron chi connectivity index (χ2n) is 6.53. The number of sulfonamides is 1. The molecule has 1 saturated heterocycles. The van der Waals surface area contributed by atoms with Gasteiger partial charge in [0.25, 0.3) is 0 Å². The summed E-state index contributed by atoms with van der Waals surface area (Å²) in [7, 11) is -0.931. The van der Waals surface area contributed by atoms with E-state index in [9.17, 15) is 13.2 Å². The maximum Gasteiger partial charge on any atom is 0.244 e. The maximum atomic E-state index is 12.9. The molecule has 8 heteroatoms. The second-order valence-corrected chi connectivity index (χ2v) is 8.26. The van der Waals surface area contributed by atoms with Gasteiger partial charge in [-0.15, -0.1) is 0 Å². The highest BCUT2D eigenvalue weighted by Gasteiger charge is 2.23. The fourth-order valence-corrected chi connectivity index (χ4v) is 4.39. The number of rotatable bonds is 8. The van der Waals surface area contributed by atoms with E-state index in [1.807, 2.05) is 24.3 Å². The smallest absolute Gasteiger partial charge is 0.244 e. The largest absolute Gasteiger partial charge is 0.497 e. The summed E-state index contributed by atoms with van der Waals surface area (Å²) in [6, 6.07) is 12.1. The summed E-state index contributed by atoms with van der Waals surface area (Å²) >= 11 is 0. The Morgan fingerprint density at radius 1 is 1.07 bits per heavy atom. The first-order chi connectivity index (χ1) is 13.4. The molecule has 2 aromatic rings. The van der Waals surface area contributed by atoms with Gasteiger partial charge < -0.3 is 14.4 Å². The molecular weight excluding hydrogens is 380 g/mol. The maximum absolute atomic E-state index is 12.9. The summed E-state index contributed by atoms with van der Waals surface area (Å²) in [6.45, 7) is 1.33. The van der Waals surface area contributed by atoms with Crippen molar-refractivity contribution >= 4 is 15.9 Å². The third kappa shape index (κ3) is 4.45. The van der Waals surface area contributed by atoms with E-state index < -0.39 is 10.0 Å². The molecule has 0 aromatic heterocycles. The number of ether oxygens (including phenoxy) is 2. The van der Waals surface area contributed by atoms with Gasteiger partial charge in [-0.1, -0.05) is 24.3 Å². The molecule has 150 valence electrons. The lowest BCUT2D eigenvalue weighted by molar-refractivity contribution is -0.128. The number of hydrogen-bond acceptors (Lipinski definition) is 5. The van der Waals surface area contributed by atoms with Crippen molar-refractivity contribution in [2.45, 2.75) is 30.8 Å². The highest BCUT2D eigenvalue weighted by atomic mass is 32.2. The Labute approximate surface area is 165 Å². The normalized spacial score (nSPS) is 14.4. The average Bonchev–Trinajstić information content (AvgIpc) is 3.11. The summed E-state index contributed by atoms with van der Waals surface area (Å²) in [5.41, 5.74) is 1.76. The average molecular weight is 404 g/mol. The van der Waals surface area contributed by atoms with Gasteiger partial charge in [-0.25, -0.2) is 13.1 Å². The van der Waals surface area contributed by atoms with Crippen molar-refractivity contribution in [3.63, 3.8) is 0 Å². The Kier molecular flexibility index (Phi) is 6.21. The van der Waals surface area contributed by atoms with Crippen LogP contribution < -0.4 is 14.2 Å². The number of nitrogens with zero attached hydrogens (tertiary/aromatic N) is 1. The van der Waals surface area contributed by atoms with Gasteiger partial charge in [-0.3, -0.25) is 4.79 Å². The highest BCUT2D eigenvalue weighted by Crippen LogP contribution is 2.28. The zero-order valence-corrected chi connectivity index (χ0v) is 16.8. The van der Waals surface area contributed by atoms with Gasteiger partial charge in [0.2, 0.25) is 15.9 Å². The lowest BCUT2D eigenvalue weighted by Gasteiger charge is -2.18. The molecule has 1 heterocycles. The minimum absolute atomic E-state index is 0.0153. The first kappa shape index (κ1) is 20.2. The third-order valence-corrected chi connectivity index (χ3v) is 6.19. The molecule has 1 fully saturated rings. The van der Waals surface area contributed by atoms with E-state index in [1.165, 1.54) is 20.3 Å². The van der Waals surface area contributed by atoms with Crippen LogP contribution in [-0.4, -0.2) is 40.0 Å². The summed E-state index contributed by atoms with van der Waals surface area (Å²) in [6.07, 6.45) is 1.44. The number of amides is 1. The van der Waals surface area contributed by atoms with E-state index in [2.05, 4.69) is 4.72 Å². The zero-order valence-electron chi connectivity index (χ0n) is 16.0. The molecular formula is C20H24N2O5S. The molecule has 0 bridgehead atoms. The standard InChI is InChI=1S/C20H24N2O5S/c1-26-17-9-10-18(27-2)19(12-17)28(24,25)21-13-15-6-3-4-7-16(15)14-22-11-5-8-20(22)23/h3-4,6-7,9-10,12,21H,5,8,11,13-14H2,1-2H3. The van der Waals surface area contributed by atoms with Gasteiger partial charge in [0.05, 0.1) is 14.2 Å². The summed E-state index contributed by atoms with van der Waals surface area (Å²) in [5.74, 6) is 0.801. The van der Waals surface area contributed by atoms with Gasteiger partial charge >= 0.3 is 0 Å². The van der Waals surface area contributed by atoms with E-state index in [0.717, 1.165) is 24.1 Å². The van der Waals surface area contributed by atoms with Crippen LogP contribution in [0.1, 0.15) is 24.0 Å². The molecule has 0 unspecified atom stereocenters. The second kappa shape index (κ2) is 8.62. The molecule has 0 saturated carbocycles. The molecule has 1 amide bonds. The van der Waals surface area contributed by atoms with Gasteiger partial charge in [-0.2, -0.15) is 0 Å². The van der Waals surface area contributed by atoms with Crippen LogP contribution in [0, 0.1) is 0 Å². The Bertz CT molecular complexity index is 959. The van der Waals surface area contributed by atoms with Gasteiger partial charge in [0, 0.05) is 32.1 Å². The molecule has 3 rings (SSSR count). The topological polar surface area (TPSA) is 84.9 Å². The fraction of sp³-hybridized carbons (Fsp3) is 0.350. The van der Waals surface area contributed by atoms with Crippen LogP contribution in [0.3, 0.4) is 0 Å². The number of likely N-dealkylation sites (tertiary alicyclic amines) is 1. The van der Waals surface area contributed by atoms with Crippen molar-refractivity contribution < 1.29 is 22.7 Å². The lowest BCUT2D eigenvalue weighted by atomic mass is 10.1. The quantitative estimate of drug-likeness (QED) is 0.730. The number of carbonyl (C=O) groups excluding carboxylic acids is 1. The first-order valence-corrected chi connectivity index (χ1v) is 10.5. The van der Waals surface area contributed by atoms with Crippen LogP contribution in [0.2, 0.25) is 0 Å². The van der Waals surface area contributed by atoms with Crippen molar-refractivity contribution in [1.82, 2.24) is 9.62 Å². The lowest BCUT2D eigenvalue weighted by Crippen LogP contribution is -2.27. The van der Waals surface area contributed by atoms with Gasteiger partial charge in [0.1, 0.15) is 16.4 Å². The van der Waals surface area contributed by atoms with Crippen LogP contribution >= 0.6 is 0 Å². The zero-order chi connectivity index (χ0) is 20.1. The Balaban J connectivity index is 1.79. The Morgan fingerprint density at radius 2 is 1.82 bits per heavy atom. The number of carbonyl (C=O) groups is 1. The molecule has 0 radical (unpaired) electrons. The molecule has 0 atom stereocenters. The Hall–Kier alpha value is -2.58. The molecule has 1 aliphatic heterocycles. The fourth-order valence-electron chi connectivity index (χ4n) is 3.21. The predicted octanol–water partition coefficient (Wildman–Crippen LogP) is 2.30. The molecule has 1 aliphatic rings. The van der Waals surface area contributed by atoms with E-state index in [-0.39, 0.29) is 23.1 Å². The molecule has 1 N–H and O–H groups in total. The monoisotopic (exact) mass is 404 g/mol. The van der Waals surface area contributed by atoms with Crippen LogP contribution in [0.15, 0.2) is 47.4 Å². The summed E-state index contributed by atoms with van der Waals surface area (Å²) in [5, 5.41) is 0. The van der Waals surface area contributed by atoms with E-state index in [0.29, 0.717) is 18.7 Å².